The Balaban J connectivity index is 1.93. The molecule has 7 heteroatoms. The number of likely N-dealkylation sites (N-methyl/N-ethyl adjacent to an activating group) is 1. The van der Waals surface area contributed by atoms with Crippen molar-refractivity contribution in [3.63, 3.8) is 0 Å². The first-order valence-corrected chi connectivity index (χ1v) is 7.85. The first kappa shape index (κ1) is 17.8. The van der Waals surface area contributed by atoms with Crippen molar-refractivity contribution in [2.45, 2.75) is 0 Å². The van der Waals surface area contributed by atoms with Gasteiger partial charge in [-0.05, 0) is 23.8 Å². The van der Waals surface area contributed by atoms with E-state index in [0.717, 1.165) is 31.7 Å². The third-order valence-electron chi connectivity index (χ3n) is 3.79. The monoisotopic (exact) mass is 331 g/mol. The van der Waals surface area contributed by atoms with Gasteiger partial charge in [0.1, 0.15) is 6.07 Å². The summed E-state index contributed by atoms with van der Waals surface area (Å²) < 4.78 is 10.5. The summed E-state index contributed by atoms with van der Waals surface area (Å²) >= 11 is 0. The zero-order chi connectivity index (χ0) is 17.4. The topological polar surface area (TPSA) is 79.0 Å². The molecule has 1 saturated heterocycles. The average molecular weight is 331 g/mol. The molecule has 1 aromatic rings. The van der Waals surface area contributed by atoms with E-state index < -0.39 is 0 Å². The minimum Gasteiger partial charge on any atom is -0.493 e. The molecule has 2 rings (SSSR count). The number of hydrogen-bond acceptors (Lipinski definition) is 5. The predicted octanol–water partition coefficient (Wildman–Crippen LogP) is -0.528. The second-order valence-electron chi connectivity index (χ2n) is 5.61. The van der Waals surface area contributed by atoms with Gasteiger partial charge >= 0.3 is 0 Å². The summed E-state index contributed by atoms with van der Waals surface area (Å²) in [6, 6.07) is 7.20. The first-order chi connectivity index (χ1) is 11.6. The van der Waals surface area contributed by atoms with Crippen LogP contribution in [0.4, 0.5) is 0 Å². The average Bonchev–Trinajstić information content (AvgIpc) is 2.60. The Labute approximate surface area is 142 Å². The fourth-order valence-corrected chi connectivity index (χ4v) is 2.38. The molecule has 0 aliphatic carbocycles. The number of nitrogens with zero attached hydrogens (tertiary/aromatic N) is 2. The highest BCUT2D eigenvalue weighted by atomic mass is 16.5. The highest BCUT2D eigenvalue weighted by Gasteiger charge is 2.17. The Morgan fingerprint density at radius 1 is 1.42 bits per heavy atom. The molecule has 1 fully saturated rings. The molecule has 24 heavy (non-hydrogen) atoms. The number of nitrogens with one attached hydrogen (secondary N) is 2. The normalized spacial score (nSPS) is 15.9. The fourth-order valence-electron chi connectivity index (χ4n) is 2.38. The third kappa shape index (κ3) is 5.26. The predicted molar refractivity (Wildman–Crippen MR) is 89.5 cm³/mol. The van der Waals surface area contributed by atoms with Crippen LogP contribution in [-0.2, 0) is 4.79 Å². The molecular formula is C17H23N4O3+. The van der Waals surface area contributed by atoms with Gasteiger partial charge in [0, 0.05) is 6.08 Å². The Bertz CT molecular complexity index is 631. The lowest BCUT2D eigenvalue weighted by atomic mass is 10.2. The Morgan fingerprint density at radius 3 is 2.83 bits per heavy atom. The van der Waals surface area contributed by atoms with Gasteiger partial charge in [-0.1, -0.05) is 6.07 Å². The van der Waals surface area contributed by atoms with Gasteiger partial charge in [0.05, 0.1) is 40.3 Å². The lowest BCUT2D eigenvalue weighted by molar-refractivity contribution is -0.884. The summed E-state index contributed by atoms with van der Waals surface area (Å²) in [5.74, 6) is 0.869. The lowest BCUT2D eigenvalue weighted by Gasteiger charge is -2.29. The van der Waals surface area contributed by atoms with Crippen molar-refractivity contribution in [1.82, 2.24) is 10.4 Å². The lowest BCUT2D eigenvalue weighted by Crippen LogP contribution is -3.12. The zero-order valence-corrected chi connectivity index (χ0v) is 14.0. The van der Waals surface area contributed by atoms with Gasteiger partial charge < -0.3 is 14.4 Å². The zero-order valence-electron chi connectivity index (χ0n) is 14.0. The quantitative estimate of drug-likeness (QED) is 0.686. The molecule has 1 aromatic carbocycles. The maximum Gasteiger partial charge on any atom is 0.258 e. The van der Waals surface area contributed by atoms with Gasteiger partial charge in [-0.2, -0.15) is 5.26 Å². The van der Waals surface area contributed by atoms with Gasteiger partial charge in [0.15, 0.2) is 18.1 Å². The summed E-state index contributed by atoms with van der Waals surface area (Å²) in [7, 11) is 3.68. The molecule has 1 amide bonds. The van der Waals surface area contributed by atoms with Gasteiger partial charge in [0.2, 0.25) is 0 Å². The smallest absolute Gasteiger partial charge is 0.258 e. The van der Waals surface area contributed by atoms with Crippen molar-refractivity contribution in [2.75, 3.05) is 46.9 Å². The molecule has 0 aromatic heterocycles. The number of hydrogen-bond donors (Lipinski definition) is 2. The Morgan fingerprint density at radius 2 is 2.17 bits per heavy atom. The van der Waals surface area contributed by atoms with E-state index in [1.165, 1.54) is 18.1 Å². The van der Waals surface area contributed by atoms with Crippen molar-refractivity contribution in [3.8, 4) is 17.6 Å². The number of rotatable bonds is 6. The molecule has 0 spiro atoms. The number of piperazine rings is 1. The Hall–Kier alpha value is -2.56. The van der Waals surface area contributed by atoms with Crippen LogP contribution in [0.5, 0.6) is 11.5 Å². The van der Waals surface area contributed by atoms with Crippen LogP contribution in [-0.4, -0.2) is 57.9 Å². The van der Waals surface area contributed by atoms with E-state index in [0.29, 0.717) is 11.5 Å². The van der Waals surface area contributed by atoms with Crippen LogP contribution < -0.4 is 19.8 Å². The molecule has 0 atom stereocenters. The number of ether oxygens (including phenoxy) is 2. The molecule has 0 unspecified atom stereocenters. The van der Waals surface area contributed by atoms with E-state index in [1.807, 2.05) is 11.1 Å². The van der Waals surface area contributed by atoms with Crippen LogP contribution in [0.1, 0.15) is 5.56 Å². The molecule has 0 radical (unpaired) electrons. The summed E-state index contributed by atoms with van der Waals surface area (Å²) in [6.07, 6.45) is 3.21. The number of carbonyl (C=O) groups is 1. The third-order valence-corrected chi connectivity index (χ3v) is 3.79. The fraction of sp³-hybridized carbons (Fsp3) is 0.412. The largest absolute Gasteiger partial charge is 0.493 e. The minimum absolute atomic E-state index is 0.0410. The second kappa shape index (κ2) is 8.91. The maximum atomic E-state index is 12.0. The molecular weight excluding hydrogens is 308 g/mol. The molecule has 1 heterocycles. The number of amides is 1. The van der Waals surface area contributed by atoms with Crippen molar-refractivity contribution in [3.05, 3.63) is 29.8 Å². The summed E-state index contributed by atoms with van der Waals surface area (Å²) in [4.78, 5) is 13.5. The van der Waals surface area contributed by atoms with E-state index in [4.69, 9.17) is 14.7 Å². The van der Waals surface area contributed by atoms with Crippen LogP contribution in [0, 0.1) is 11.3 Å². The molecule has 7 nitrogen and oxygen atoms in total. The van der Waals surface area contributed by atoms with E-state index >= 15 is 0 Å². The van der Waals surface area contributed by atoms with Crippen LogP contribution in [0.2, 0.25) is 0 Å². The maximum absolute atomic E-state index is 12.0. The highest BCUT2D eigenvalue weighted by molar-refractivity contribution is 5.91. The molecule has 1 aliphatic rings. The first-order valence-electron chi connectivity index (χ1n) is 7.85. The van der Waals surface area contributed by atoms with E-state index in [2.05, 4.69) is 12.5 Å². The summed E-state index contributed by atoms with van der Waals surface area (Å²) in [5.41, 5.74) is 3.69. The van der Waals surface area contributed by atoms with Gasteiger partial charge in [-0.3, -0.25) is 10.2 Å². The minimum atomic E-state index is -0.154. The molecule has 0 saturated carbocycles. The van der Waals surface area contributed by atoms with E-state index in [-0.39, 0.29) is 12.5 Å². The van der Waals surface area contributed by atoms with Gasteiger partial charge in [-0.15, -0.1) is 0 Å². The Kier molecular flexibility index (Phi) is 6.61. The van der Waals surface area contributed by atoms with Crippen molar-refractivity contribution in [1.29, 1.82) is 5.26 Å². The van der Waals surface area contributed by atoms with Crippen LogP contribution in [0.15, 0.2) is 24.3 Å². The van der Waals surface area contributed by atoms with Crippen LogP contribution in [0.3, 0.4) is 0 Å². The molecule has 2 N–H and O–H groups in total. The van der Waals surface area contributed by atoms with Crippen LogP contribution >= 0.6 is 0 Å². The van der Waals surface area contributed by atoms with Crippen molar-refractivity contribution >= 4 is 12.0 Å². The van der Waals surface area contributed by atoms with Crippen molar-refractivity contribution < 1.29 is 19.2 Å². The van der Waals surface area contributed by atoms with Crippen LogP contribution in [0.25, 0.3) is 6.08 Å². The van der Waals surface area contributed by atoms with Gasteiger partial charge in [-0.25, -0.2) is 5.01 Å². The number of carbonyl (C=O) groups excluding carboxylic acids is 1. The second-order valence-corrected chi connectivity index (χ2v) is 5.61. The molecule has 0 bridgehead atoms. The number of methoxy groups -OCH3 is 1. The number of hydrazine groups is 1. The van der Waals surface area contributed by atoms with E-state index in [9.17, 15) is 4.79 Å². The number of quaternary nitrogens is 1. The number of nitriles is 1. The summed E-state index contributed by atoms with van der Waals surface area (Å²) in [5, 5.41) is 10.5. The summed E-state index contributed by atoms with van der Waals surface area (Å²) in [6.45, 7) is 3.70. The van der Waals surface area contributed by atoms with Gasteiger partial charge in [0.25, 0.3) is 5.91 Å². The standard InChI is InChI=1S/C17H22N4O3/c1-20-8-10-21(11-9-20)19-17(22)6-4-14-3-5-15(24-12-7-18)16(13-14)23-2/h3-6,13H,8-12H2,1-2H3,(H,19,22)/p+1/b6-4+. The van der Waals surface area contributed by atoms with E-state index in [1.54, 1.807) is 24.3 Å². The SMILES string of the molecule is COc1cc(/C=C/C(=O)NN2CC[NH+](C)CC2)ccc1OCC#N. The highest BCUT2D eigenvalue weighted by Crippen LogP contribution is 2.28. The molecule has 128 valence electrons. The molecule has 1 aliphatic heterocycles. The van der Waals surface area contributed by atoms with Crippen molar-refractivity contribution in [2.24, 2.45) is 0 Å². The number of benzene rings is 1.